The van der Waals surface area contributed by atoms with Gasteiger partial charge in [-0.2, -0.15) is 0 Å². The Morgan fingerprint density at radius 3 is 1.71 bits per heavy atom. The lowest BCUT2D eigenvalue weighted by atomic mass is 9.89. The van der Waals surface area contributed by atoms with Crippen molar-refractivity contribution in [2.24, 2.45) is 11.8 Å². The van der Waals surface area contributed by atoms with Crippen molar-refractivity contribution in [2.45, 2.75) is 85.0 Å². The van der Waals surface area contributed by atoms with Crippen molar-refractivity contribution in [3.63, 3.8) is 0 Å². The molecule has 0 heterocycles. The summed E-state index contributed by atoms with van der Waals surface area (Å²) in [4.78, 5) is 0. The molecule has 0 rings (SSSR count). The average molecular weight is 258 g/mol. The molecule has 0 saturated carbocycles. The molecule has 17 heavy (non-hydrogen) atoms. The van der Waals surface area contributed by atoms with Gasteiger partial charge in [0.1, 0.15) is 0 Å². The van der Waals surface area contributed by atoms with Crippen LogP contribution in [0.1, 0.15) is 85.0 Å². The lowest BCUT2D eigenvalue weighted by Gasteiger charge is -2.18. The van der Waals surface area contributed by atoms with Crippen LogP contribution >= 0.6 is 9.24 Å². The van der Waals surface area contributed by atoms with Gasteiger partial charge in [0, 0.05) is 0 Å². The maximum atomic E-state index is 2.85. The number of hydrogen-bond acceptors (Lipinski definition) is 0. The Hall–Kier alpha value is 0.430. The SMILES string of the molecule is CCCCCCCCCCC(C)C(C)CCP. The van der Waals surface area contributed by atoms with E-state index in [-0.39, 0.29) is 0 Å². The standard InChI is InChI=1S/C16H35P/c1-4-5-6-7-8-9-10-11-12-15(2)16(3)13-14-17/h15-16H,4-14,17H2,1-3H3. The smallest absolute Gasteiger partial charge is 0.0379 e. The highest BCUT2D eigenvalue weighted by molar-refractivity contribution is 7.16. The van der Waals surface area contributed by atoms with Crippen LogP contribution in [0.4, 0.5) is 0 Å². The molecule has 1 heteroatoms. The summed E-state index contributed by atoms with van der Waals surface area (Å²) in [5.74, 6) is 1.84. The van der Waals surface area contributed by atoms with Crippen LogP contribution in [0.25, 0.3) is 0 Å². The predicted octanol–water partition coefficient (Wildman–Crippen LogP) is 6.05. The van der Waals surface area contributed by atoms with E-state index in [1.807, 2.05) is 0 Å². The Morgan fingerprint density at radius 2 is 1.18 bits per heavy atom. The Balaban J connectivity index is 3.21. The van der Waals surface area contributed by atoms with Gasteiger partial charge in [0.05, 0.1) is 0 Å². The van der Waals surface area contributed by atoms with Gasteiger partial charge >= 0.3 is 0 Å². The van der Waals surface area contributed by atoms with Gasteiger partial charge in [-0.1, -0.05) is 78.6 Å². The number of unbranched alkanes of at least 4 members (excludes halogenated alkanes) is 7. The third-order valence-corrected chi connectivity index (χ3v) is 4.44. The van der Waals surface area contributed by atoms with Crippen LogP contribution in [-0.4, -0.2) is 6.16 Å². The van der Waals surface area contributed by atoms with Crippen LogP contribution in [0, 0.1) is 11.8 Å². The van der Waals surface area contributed by atoms with Gasteiger partial charge in [-0.15, -0.1) is 9.24 Å². The minimum Gasteiger partial charge on any atom is -0.138 e. The second-order valence-corrected chi connectivity index (χ2v) is 6.37. The monoisotopic (exact) mass is 258 g/mol. The van der Waals surface area contributed by atoms with Gasteiger partial charge in [-0.3, -0.25) is 0 Å². The molecule has 0 aliphatic rings. The van der Waals surface area contributed by atoms with Gasteiger partial charge in [-0.05, 0) is 24.4 Å². The quantitative estimate of drug-likeness (QED) is 0.295. The molecule has 0 aliphatic heterocycles. The lowest BCUT2D eigenvalue weighted by Crippen LogP contribution is -2.08. The third kappa shape index (κ3) is 11.3. The van der Waals surface area contributed by atoms with Crippen molar-refractivity contribution < 1.29 is 0 Å². The fourth-order valence-corrected chi connectivity index (χ4v) is 2.96. The summed E-state index contributed by atoms with van der Waals surface area (Å²) >= 11 is 0. The summed E-state index contributed by atoms with van der Waals surface area (Å²) in [5, 5.41) is 0. The largest absolute Gasteiger partial charge is 0.138 e. The Labute approximate surface area is 113 Å². The lowest BCUT2D eigenvalue weighted by molar-refractivity contribution is 0.344. The minimum absolute atomic E-state index is 0.914. The van der Waals surface area contributed by atoms with Crippen LogP contribution in [-0.2, 0) is 0 Å². The van der Waals surface area contributed by atoms with E-state index in [1.165, 1.54) is 70.4 Å². The molecular weight excluding hydrogens is 223 g/mol. The van der Waals surface area contributed by atoms with E-state index < -0.39 is 0 Å². The molecule has 104 valence electrons. The molecular formula is C16H35P. The highest BCUT2D eigenvalue weighted by Crippen LogP contribution is 2.22. The molecule has 0 aromatic carbocycles. The molecule has 0 aliphatic carbocycles. The topological polar surface area (TPSA) is 0 Å². The van der Waals surface area contributed by atoms with Gasteiger partial charge in [0.25, 0.3) is 0 Å². The van der Waals surface area contributed by atoms with Crippen molar-refractivity contribution >= 4 is 9.24 Å². The summed E-state index contributed by atoms with van der Waals surface area (Å²) < 4.78 is 0. The fraction of sp³-hybridized carbons (Fsp3) is 1.00. The highest BCUT2D eigenvalue weighted by Gasteiger charge is 2.10. The van der Waals surface area contributed by atoms with Crippen molar-refractivity contribution in [1.29, 1.82) is 0 Å². The van der Waals surface area contributed by atoms with Crippen molar-refractivity contribution in [1.82, 2.24) is 0 Å². The molecule has 0 nitrogen and oxygen atoms in total. The van der Waals surface area contributed by atoms with Crippen molar-refractivity contribution in [2.75, 3.05) is 6.16 Å². The normalized spacial score (nSPS) is 14.8. The van der Waals surface area contributed by atoms with E-state index in [4.69, 9.17) is 0 Å². The Morgan fingerprint density at radius 1 is 0.706 bits per heavy atom. The third-order valence-electron chi connectivity index (χ3n) is 4.11. The molecule has 3 atom stereocenters. The van der Waals surface area contributed by atoms with Gasteiger partial charge in [0.15, 0.2) is 0 Å². The summed E-state index contributed by atoms with van der Waals surface area (Å²) in [5.41, 5.74) is 0. The van der Waals surface area contributed by atoms with Crippen LogP contribution < -0.4 is 0 Å². The second kappa shape index (κ2) is 12.9. The first kappa shape index (κ1) is 17.4. The molecule has 0 amide bonds. The second-order valence-electron chi connectivity index (χ2n) is 5.80. The zero-order chi connectivity index (χ0) is 12.9. The highest BCUT2D eigenvalue weighted by atomic mass is 31.0. The van der Waals surface area contributed by atoms with E-state index in [0.717, 1.165) is 11.8 Å². The zero-order valence-corrected chi connectivity index (χ0v) is 13.7. The first-order valence-electron chi connectivity index (χ1n) is 7.92. The molecule has 3 unspecified atom stereocenters. The Bertz CT molecular complexity index is 144. The van der Waals surface area contributed by atoms with Gasteiger partial charge in [0.2, 0.25) is 0 Å². The van der Waals surface area contributed by atoms with E-state index in [9.17, 15) is 0 Å². The number of rotatable bonds is 12. The zero-order valence-electron chi connectivity index (χ0n) is 12.5. The van der Waals surface area contributed by atoms with Crippen molar-refractivity contribution in [3.8, 4) is 0 Å². The molecule has 0 bridgehead atoms. The minimum atomic E-state index is 0.914. The predicted molar refractivity (Wildman–Crippen MR) is 84.7 cm³/mol. The van der Waals surface area contributed by atoms with E-state index in [0.29, 0.717) is 0 Å². The maximum absolute atomic E-state index is 2.85. The van der Waals surface area contributed by atoms with E-state index >= 15 is 0 Å². The number of hydrogen-bond donors (Lipinski definition) is 0. The maximum Gasteiger partial charge on any atom is -0.0379 e. The molecule has 0 aromatic rings. The van der Waals surface area contributed by atoms with Crippen LogP contribution in [0.5, 0.6) is 0 Å². The van der Waals surface area contributed by atoms with Gasteiger partial charge < -0.3 is 0 Å². The molecule has 0 aromatic heterocycles. The van der Waals surface area contributed by atoms with E-state index in [1.54, 1.807) is 0 Å². The summed E-state index contributed by atoms with van der Waals surface area (Å²) in [6, 6.07) is 0. The van der Waals surface area contributed by atoms with Gasteiger partial charge in [-0.25, -0.2) is 0 Å². The van der Waals surface area contributed by atoms with Crippen molar-refractivity contribution in [3.05, 3.63) is 0 Å². The molecule has 0 N–H and O–H groups in total. The van der Waals surface area contributed by atoms with Crippen LogP contribution in [0.3, 0.4) is 0 Å². The first-order chi connectivity index (χ1) is 8.22. The fourth-order valence-electron chi connectivity index (χ4n) is 2.43. The van der Waals surface area contributed by atoms with E-state index in [2.05, 4.69) is 30.0 Å². The first-order valence-corrected chi connectivity index (χ1v) is 8.74. The summed E-state index contributed by atoms with van der Waals surface area (Å²) in [7, 11) is 2.85. The van der Waals surface area contributed by atoms with Crippen LogP contribution in [0.2, 0.25) is 0 Å². The summed E-state index contributed by atoms with van der Waals surface area (Å²) in [6.07, 6.45) is 15.7. The molecule has 0 spiro atoms. The molecule has 0 radical (unpaired) electrons. The Kier molecular flexibility index (Phi) is 13.2. The molecule has 0 fully saturated rings. The van der Waals surface area contributed by atoms with Crippen LogP contribution in [0.15, 0.2) is 0 Å². The average Bonchev–Trinajstić information content (AvgIpc) is 2.32. The molecule has 0 saturated heterocycles. The summed E-state index contributed by atoms with van der Waals surface area (Å²) in [6.45, 7) is 7.14.